The normalized spacial score (nSPS) is 22.9. The predicted octanol–water partition coefficient (Wildman–Crippen LogP) is 2.69. The van der Waals surface area contributed by atoms with Crippen LogP contribution in [0.5, 0.6) is 0 Å². The second-order valence-corrected chi connectivity index (χ2v) is 5.95. The van der Waals surface area contributed by atoms with Gasteiger partial charge < -0.3 is 10.6 Å². The number of amides is 1. The lowest BCUT2D eigenvalue weighted by Gasteiger charge is -2.37. The van der Waals surface area contributed by atoms with E-state index in [2.05, 4.69) is 4.90 Å². The van der Waals surface area contributed by atoms with Gasteiger partial charge in [0.2, 0.25) is 5.91 Å². The van der Waals surface area contributed by atoms with Crippen molar-refractivity contribution in [1.29, 1.82) is 0 Å². The maximum Gasteiger partial charge on any atom is 0.225 e. The summed E-state index contributed by atoms with van der Waals surface area (Å²) in [5.74, 6) is 0.708. The number of hydrogen-bond donors (Lipinski definition) is 1. The Hall–Kier alpha value is -0.570. The zero-order chi connectivity index (χ0) is 12.8. The second kappa shape index (κ2) is 7.13. The monoisotopic (exact) mass is 252 g/mol. The van der Waals surface area contributed by atoms with E-state index in [0.717, 1.165) is 19.4 Å². The summed E-state index contributed by atoms with van der Waals surface area (Å²) >= 11 is 0. The molecule has 0 aromatic heterocycles. The molecule has 2 aliphatic rings. The number of nitrogens with two attached hydrogens (primary N) is 1. The Morgan fingerprint density at radius 2 is 1.50 bits per heavy atom. The molecular formula is C15H28N2O. The van der Waals surface area contributed by atoms with Crippen molar-refractivity contribution in [3.05, 3.63) is 0 Å². The van der Waals surface area contributed by atoms with E-state index in [4.69, 9.17) is 5.73 Å². The van der Waals surface area contributed by atoms with Crippen LogP contribution in [0.1, 0.15) is 64.2 Å². The zero-order valence-corrected chi connectivity index (χ0v) is 11.6. The van der Waals surface area contributed by atoms with Gasteiger partial charge in [0, 0.05) is 25.0 Å². The van der Waals surface area contributed by atoms with Gasteiger partial charge in [-0.05, 0) is 25.7 Å². The molecule has 2 fully saturated rings. The van der Waals surface area contributed by atoms with Crippen LogP contribution in [0, 0.1) is 5.92 Å². The number of rotatable bonds is 4. The van der Waals surface area contributed by atoms with Crippen LogP contribution < -0.4 is 5.73 Å². The molecule has 0 bridgehead atoms. The number of carbonyl (C=O) groups is 1. The third-order valence-electron chi connectivity index (χ3n) is 4.62. The summed E-state index contributed by atoms with van der Waals surface area (Å²) in [7, 11) is 0. The van der Waals surface area contributed by atoms with Crippen LogP contribution in [-0.2, 0) is 4.79 Å². The van der Waals surface area contributed by atoms with Crippen LogP contribution in [-0.4, -0.2) is 29.9 Å². The fourth-order valence-electron chi connectivity index (χ4n) is 3.59. The quantitative estimate of drug-likeness (QED) is 0.836. The summed E-state index contributed by atoms with van der Waals surface area (Å²) < 4.78 is 0. The lowest BCUT2D eigenvalue weighted by atomic mass is 9.86. The van der Waals surface area contributed by atoms with E-state index in [9.17, 15) is 4.79 Å². The maximum absolute atomic E-state index is 12.7. The largest absolute Gasteiger partial charge is 0.338 e. The van der Waals surface area contributed by atoms with E-state index < -0.39 is 0 Å². The molecule has 2 rings (SSSR count). The molecule has 18 heavy (non-hydrogen) atoms. The van der Waals surface area contributed by atoms with E-state index in [0.29, 0.717) is 24.4 Å². The molecule has 0 aromatic carbocycles. The van der Waals surface area contributed by atoms with Gasteiger partial charge in [0.25, 0.3) is 0 Å². The molecule has 0 aliphatic heterocycles. The smallest absolute Gasteiger partial charge is 0.225 e. The molecule has 0 saturated heterocycles. The van der Waals surface area contributed by atoms with Crippen LogP contribution in [0.2, 0.25) is 0 Å². The van der Waals surface area contributed by atoms with Crippen molar-refractivity contribution in [1.82, 2.24) is 4.90 Å². The summed E-state index contributed by atoms with van der Waals surface area (Å²) in [5.41, 5.74) is 5.71. The Labute approximate surface area is 111 Å². The van der Waals surface area contributed by atoms with Crippen molar-refractivity contribution in [2.45, 2.75) is 70.3 Å². The Morgan fingerprint density at radius 1 is 0.944 bits per heavy atom. The van der Waals surface area contributed by atoms with Crippen LogP contribution >= 0.6 is 0 Å². The standard InChI is InChI=1S/C15H28N2O/c16-11-12-17(14-9-5-2-6-10-14)15(18)13-7-3-1-4-8-13/h13-14H,1-12,16H2. The van der Waals surface area contributed by atoms with Gasteiger partial charge in [-0.1, -0.05) is 38.5 Å². The summed E-state index contributed by atoms with van der Waals surface area (Å²) in [6.45, 7) is 1.37. The van der Waals surface area contributed by atoms with Gasteiger partial charge in [0.05, 0.1) is 0 Å². The average molecular weight is 252 g/mol. The first kappa shape index (κ1) is 13.9. The van der Waals surface area contributed by atoms with Crippen LogP contribution in [0.3, 0.4) is 0 Å². The number of nitrogens with zero attached hydrogens (tertiary/aromatic N) is 1. The maximum atomic E-state index is 12.7. The fraction of sp³-hybridized carbons (Fsp3) is 0.933. The Kier molecular flexibility index (Phi) is 5.48. The topological polar surface area (TPSA) is 46.3 Å². The zero-order valence-electron chi connectivity index (χ0n) is 11.6. The second-order valence-electron chi connectivity index (χ2n) is 5.95. The Morgan fingerprint density at radius 3 is 2.06 bits per heavy atom. The van der Waals surface area contributed by atoms with Gasteiger partial charge in [-0.25, -0.2) is 0 Å². The molecule has 104 valence electrons. The van der Waals surface area contributed by atoms with Crippen molar-refractivity contribution < 1.29 is 4.79 Å². The first-order valence-corrected chi connectivity index (χ1v) is 7.83. The highest BCUT2D eigenvalue weighted by molar-refractivity contribution is 5.79. The van der Waals surface area contributed by atoms with Crippen molar-refractivity contribution >= 4 is 5.91 Å². The van der Waals surface area contributed by atoms with E-state index in [-0.39, 0.29) is 0 Å². The summed E-state index contributed by atoms with van der Waals surface area (Å²) in [6, 6.07) is 0.483. The molecule has 0 atom stereocenters. The lowest BCUT2D eigenvalue weighted by Crippen LogP contribution is -2.47. The van der Waals surface area contributed by atoms with Gasteiger partial charge in [-0.2, -0.15) is 0 Å². The van der Waals surface area contributed by atoms with Crippen LogP contribution in [0.15, 0.2) is 0 Å². The molecule has 0 radical (unpaired) electrons. The van der Waals surface area contributed by atoms with Crippen molar-refractivity contribution in [2.24, 2.45) is 11.7 Å². The summed E-state index contributed by atoms with van der Waals surface area (Å²) in [5, 5.41) is 0. The molecule has 3 nitrogen and oxygen atoms in total. The van der Waals surface area contributed by atoms with Gasteiger partial charge in [0.1, 0.15) is 0 Å². The SMILES string of the molecule is NCCN(C(=O)C1CCCCC1)C1CCCCC1. The highest BCUT2D eigenvalue weighted by atomic mass is 16.2. The molecular weight excluding hydrogens is 224 g/mol. The average Bonchev–Trinajstić information content (AvgIpc) is 2.46. The Balaban J connectivity index is 1.96. The molecule has 0 spiro atoms. The first-order chi connectivity index (χ1) is 8.83. The van der Waals surface area contributed by atoms with Crippen molar-refractivity contribution in [3.8, 4) is 0 Å². The van der Waals surface area contributed by atoms with Gasteiger partial charge in [-0.15, -0.1) is 0 Å². The lowest BCUT2D eigenvalue weighted by molar-refractivity contribution is -0.139. The van der Waals surface area contributed by atoms with E-state index in [1.165, 1.54) is 51.4 Å². The van der Waals surface area contributed by atoms with Crippen molar-refractivity contribution in [2.75, 3.05) is 13.1 Å². The molecule has 3 heteroatoms. The minimum absolute atomic E-state index is 0.298. The predicted molar refractivity (Wildman–Crippen MR) is 74.2 cm³/mol. The van der Waals surface area contributed by atoms with Crippen LogP contribution in [0.4, 0.5) is 0 Å². The summed E-state index contributed by atoms with van der Waals surface area (Å²) in [4.78, 5) is 14.8. The highest BCUT2D eigenvalue weighted by Crippen LogP contribution is 2.29. The Bertz CT molecular complexity index is 255. The van der Waals surface area contributed by atoms with Crippen LogP contribution in [0.25, 0.3) is 0 Å². The van der Waals surface area contributed by atoms with E-state index in [1.807, 2.05) is 0 Å². The first-order valence-electron chi connectivity index (χ1n) is 7.83. The van der Waals surface area contributed by atoms with Gasteiger partial charge in [-0.3, -0.25) is 4.79 Å². The third kappa shape index (κ3) is 3.47. The minimum atomic E-state index is 0.298. The highest BCUT2D eigenvalue weighted by Gasteiger charge is 2.30. The van der Waals surface area contributed by atoms with E-state index in [1.54, 1.807) is 0 Å². The molecule has 2 aliphatic carbocycles. The van der Waals surface area contributed by atoms with E-state index >= 15 is 0 Å². The van der Waals surface area contributed by atoms with Gasteiger partial charge >= 0.3 is 0 Å². The number of carbonyl (C=O) groups excluding carboxylic acids is 1. The van der Waals surface area contributed by atoms with Gasteiger partial charge in [0.15, 0.2) is 0 Å². The molecule has 0 aromatic rings. The minimum Gasteiger partial charge on any atom is -0.338 e. The molecule has 2 N–H and O–H groups in total. The summed E-state index contributed by atoms with van der Waals surface area (Å²) in [6.07, 6.45) is 12.3. The van der Waals surface area contributed by atoms with Crippen molar-refractivity contribution in [3.63, 3.8) is 0 Å². The molecule has 1 amide bonds. The fourth-order valence-corrected chi connectivity index (χ4v) is 3.59. The number of hydrogen-bond acceptors (Lipinski definition) is 2. The molecule has 0 heterocycles. The third-order valence-corrected chi connectivity index (χ3v) is 4.62. The molecule has 0 unspecified atom stereocenters. The molecule has 2 saturated carbocycles.